The molecule has 2 aromatic carbocycles. The molecule has 5 nitrogen and oxygen atoms in total. The number of hydrogen-bond donors (Lipinski definition) is 1. The second-order valence-electron chi connectivity index (χ2n) is 7.55. The first kappa shape index (κ1) is 22.5. The lowest BCUT2D eigenvalue weighted by Gasteiger charge is -2.36. The molecule has 1 amide bonds. The van der Waals surface area contributed by atoms with E-state index in [2.05, 4.69) is 21.2 Å². The summed E-state index contributed by atoms with van der Waals surface area (Å²) in [6.07, 6.45) is 1.75. The Labute approximate surface area is 186 Å². The van der Waals surface area contributed by atoms with Crippen LogP contribution in [0.15, 0.2) is 59.1 Å². The van der Waals surface area contributed by atoms with Gasteiger partial charge in [0.25, 0.3) is 0 Å². The van der Waals surface area contributed by atoms with E-state index in [1.807, 2.05) is 54.6 Å². The molecule has 0 saturated carbocycles. The lowest BCUT2D eigenvalue weighted by molar-refractivity contribution is -0.148. The van der Waals surface area contributed by atoms with Crippen molar-refractivity contribution < 1.29 is 19.1 Å². The standard InChI is InChI=1S/C24H28BrNO4/c1-2-30-22(27)19(16-18-6-4-3-5-7-18)17-26-23(28)24(12-14-29-15-13-24)20-8-10-21(25)11-9-20/h3-11,19H,2,12-17H2,1H3,(H,26,28). The topological polar surface area (TPSA) is 64.6 Å². The molecule has 3 rings (SSSR count). The summed E-state index contributed by atoms with van der Waals surface area (Å²) >= 11 is 3.46. The Bertz CT molecular complexity index is 832. The molecule has 1 aliphatic heterocycles. The minimum Gasteiger partial charge on any atom is -0.466 e. The van der Waals surface area contributed by atoms with E-state index in [1.54, 1.807) is 6.92 Å². The Morgan fingerprint density at radius 1 is 1.10 bits per heavy atom. The Morgan fingerprint density at radius 2 is 1.77 bits per heavy atom. The lowest BCUT2D eigenvalue weighted by atomic mass is 9.73. The first-order valence-corrected chi connectivity index (χ1v) is 11.2. The molecular weight excluding hydrogens is 446 g/mol. The summed E-state index contributed by atoms with van der Waals surface area (Å²) in [5.41, 5.74) is 1.37. The van der Waals surface area contributed by atoms with Crippen molar-refractivity contribution >= 4 is 27.8 Å². The molecule has 1 atom stereocenters. The van der Waals surface area contributed by atoms with Crippen LogP contribution in [0, 0.1) is 5.92 Å². The van der Waals surface area contributed by atoms with E-state index in [-0.39, 0.29) is 18.4 Å². The molecule has 0 radical (unpaired) electrons. The number of ether oxygens (including phenoxy) is 2. The molecule has 0 bridgehead atoms. The van der Waals surface area contributed by atoms with E-state index in [0.29, 0.717) is 39.1 Å². The fourth-order valence-corrected chi connectivity index (χ4v) is 4.18. The Kier molecular flexibility index (Phi) is 8.05. The highest BCUT2D eigenvalue weighted by molar-refractivity contribution is 9.10. The number of esters is 1. The molecular formula is C24H28BrNO4. The van der Waals surface area contributed by atoms with Crippen LogP contribution < -0.4 is 5.32 Å². The van der Waals surface area contributed by atoms with E-state index < -0.39 is 11.3 Å². The van der Waals surface area contributed by atoms with E-state index in [4.69, 9.17) is 9.47 Å². The molecule has 30 heavy (non-hydrogen) atoms. The van der Waals surface area contributed by atoms with Gasteiger partial charge >= 0.3 is 5.97 Å². The third kappa shape index (κ3) is 5.49. The molecule has 1 heterocycles. The number of carbonyl (C=O) groups excluding carboxylic acids is 2. The van der Waals surface area contributed by atoms with Crippen LogP contribution in [-0.2, 0) is 30.9 Å². The van der Waals surface area contributed by atoms with Crippen LogP contribution in [0.2, 0.25) is 0 Å². The van der Waals surface area contributed by atoms with E-state index in [0.717, 1.165) is 15.6 Å². The summed E-state index contributed by atoms with van der Waals surface area (Å²) in [5, 5.41) is 3.06. The molecule has 1 N–H and O–H groups in total. The van der Waals surface area contributed by atoms with Crippen LogP contribution in [-0.4, -0.2) is 38.2 Å². The fraction of sp³-hybridized carbons (Fsp3) is 0.417. The first-order chi connectivity index (χ1) is 14.5. The van der Waals surface area contributed by atoms with Crippen LogP contribution >= 0.6 is 15.9 Å². The monoisotopic (exact) mass is 473 g/mol. The van der Waals surface area contributed by atoms with E-state index in [9.17, 15) is 9.59 Å². The van der Waals surface area contributed by atoms with Crippen LogP contribution in [0.5, 0.6) is 0 Å². The average Bonchev–Trinajstić information content (AvgIpc) is 2.78. The van der Waals surface area contributed by atoms with Crippen molar-refractivity contribution in [1.29, 1.82) is 0 Å². The molecule has 1 fully saturated rings. The number of nitrogens with one attached hydrogen (secondary N) is 1. The highest BCUT2D eigenvalue weighted by Gasteiger charge is 2.42. The number of hydrogen-bond acceptors (Lipinski definition) is 4. The van der Waals surface area contributed by atoms with Gasteiger partial charge in [-0.1, -0.05) is 58.4 Å². The van der Waals surface area contributed by atoms with Crippen LogP contribution in [0.1, 0.15) is 30.9 Å². The highest BCUT2D eigenvalue weighted by Crippen LogP contribution is 2.36. The van der Waals surface area contributed by atoms with Crippen molar-refractivity contribution in [1.82, 2.24) is 5.32 Å². The summed E-state index contributed by atoms with van der Waals surface area (Å²) < 4.78 is 11.8. The van der Waals surface area contributed by atoms with Crippen LogP contribution in [0.25, 0.3) is 0 Å². The maximum atomic E-state index is 13.4. The van der Waals surface area contributed by atoms with Gasteiger partial charge in [0.15, 0.2) is 0 Å². The fourth-order valence-electron chi connectivity index (χ4n) is 3.92. The number of halogens is 1. The van der Waals surface area contributed by atoms with E-state index in [1.165, 1.54) is 0 Å². The molecule has 160 valence electrons. The summed E-state index contributed by atoms with van der Waals surface area (Å²) in [4.78, 5) is 25.9. The molecule has 0 aromatic heterocycles. The number of benzene rings is 2. The van der Waals surface area contributed by atoms with Crippen LogP contribution in [0.4, 0.5) is 0 Å². The van der Waals surface area contributed by atoms with Crippen molar-refractivity contribution in [2.24, 2.45) is 5.92 Å². The third-order valence-corrected chi connectivity index (χ3v) is 6.16. The van der Waals surface area contributed by atoms with Crippen LogP contribution in [0.3, 0.4) is 0 Å². The summed E-state index contributed by atoms with van der Waals surface area (Å²) in [5.74, 6) is -0.778. The zero-order valence-electron chi connectivity index (χ0n) is 17.2. The minimum absolute atomic E-state index is 0.0597. The quantitative estimate of drug-likeness (QED) is 0.587. The van der Waals surface area contributed by atoms with Gasteiger partial charge in [0, 0.05) is 24.2 Å². The molecule has 1 aliphatic rings. The highest BCUT2D eigenvalue weighted by atomic mass is 79.9. The van der Waals surface area contributed by atoms with Crippen molar-refractivity contribution in [2.45, 2.75) is 31.6 Å². The van der Waals surface area contributed by atoms with Gasteiger partial charge in [-0.05, 0) is 49.4 Å². The molecule has 0 spiro atoms. The number of carbonyl (C=O) groups is 2. The predicted octanol–water partition coefficient (Wildman–Crippen LogP) is 4.04. The summed E-state index contributed by atoms with van der Waals surface area (Å²) in [6.45, 7) is 3.42. The van der Waals surface area contributed by atoms with Gasteiger partial charge in [-0.25, -0.2) is 0 Å². The Hall–Kier alpha value is -2.18. The molecule has 2 aromatic rings. The van der Waals surface area contributed by atoms with Gasteiger partial charge < -0.3 is 14.8 Å². The van der Waals surface area contributed by atoms with Crippen molar-refractivity contribution in [3.8, 4) is 0 Å². The van der Waals surface area contributed by atoms with Gasteiger partial charge in [0.1, 0.15) is 0 Å². The summed E-state index contributed by atoms with van der Waals surface area (Å²) in [6, 6.07) is 17.7. The maximum absolute atomic E-state index is 13.4. The van der Waals surface area contributed by atoms with E-state index >= 15 is 0 Å². The normalized spacial score (nSPS) is 16.5. The van der Waals surface area contributed by atoms with Gasteiger partial charge in [-0.15, -0.1) is 0 Å². The molecule has 6 heteroatoms. The average molecular weight is 474 g/mol. The Morgan fingerprint density at radius 3 is 2.40 bits per heavy atom. The minimum atomic E-state index is -0.648. The number of amides is 1. The second kappa shape index (κ2) is 10.7. The van der Waals surface area contributed by atoms with Gasteiger partial charge in [0.2, 0.25) is 5.91 Å². The van der Waals surface area contributed by atoms with Crippen molar-refractivity contribution in [3.63, 3.8) is 0 Å². The summed E-state index contributed by atoms with van der Waals surface area (Å²) in [7, 11) is 0. The zero-order valence-corrected chi connectivity index (χ0v) is 18.8. The third-order valence-electron chi connectivity index (χ3n) is 5.63. The molecule has 1 unspecified atom stereocenters. The number of rotatable bonds is 8. The maximum Gasteiger partial charge on any atom is 0.311 e. The van der Waals surface area contributed by atoms with Crippen molar-refractivity contribution in [2.75, 3.05) is 26.4 Å². The van der Waals surface area contributed by atoms with Gasteiger partial charge in [-0.2, -0.15) is 0 Å². The molecule has 0 aliphatic carbocycles. The van der Waals surface area contributed by atoms with Gasteiger partial charge in [0.05, 0.1) is 17.9 Å². The lowest BCUT2D eigenvalue weighted by Crippen LogP contribution is -2.49. The largest absolute Gasteiger partial charge is 0.466 e. The molecule has 1 saturated heterocycles. The SMILES string of the molecule is CCOC(=O)C(CNC(=O)C1(c2ccc(Br)cc2)CCOCC1)Cc1ccccc1. The van der Waals surface area contributed by atoms with Crippen molar-refractivity contribution in [3.05, 3.63) is 70.2 Å². The zero-order chi connectivity index (χ0) is 21.4. The predicted molar refractivity (Wildman–Crippen MR) is 119 cm³/mol. The Balaban J connectivity index is 1.76. The second-order valence-corrected chi connectivity index (χ2v) is 8.47. The van der Waals surface area contributed by atoms with Gasteiger partial charge in [-0.3, -0.25) is 9.59 Å². The first-order valence-electron chi connectivity index (χ1n) is 10.4. The smallest absolute Gasteiger partial charge is 0.311 e.